The molecule has 0 radical (unpaired) electrons. The number of hydrogen-bond donors (Lipinski definition) is 1. The normalized spacial score (nSPS) is 8.31. The SMILES string of the molecule is Cl.Cl.Cl.NCc1csc(-c2cccnc2)n1. The molecule has 0 aromatic carbocycles. The van der Waals surface area contributed by atoms with Crippen LogP contribution in [0.5, 0.6) is 0 Å². The molecule has 90 valence electrons. The van der Waals surface area contributed by atoms with E-state index in [-0.39, 0.29) is 37.2 Å². The smallest absolute Gasteiger partial charge is 0.125 e. The van der Waals surface area contributed by atoms with Gasteiger partial charge in [-0.2, -0.15) is 0 Å². The molecule has 2 heterocycles. The molecule has 0 saturated carbocycles. The average Bonchev–Trinajstić information content (AvgIpc) is 2.67. The molecule has 0 unspecified atom stereocenters. The van der Waals surface area contributed by atoms with Gasteiger partial charge in [-0.05, 0) is 12.1 Å². The highest BCUT2D eigenvalue weighted by atomic mass is 35.5. The van der Waals surface area contributed by atoms with E-state index in [0.29, 0.717) is 6.54 Å². The number of nitrogens with two attached hydrogens (primary N) is 1. The Morgan fingerprint density at radius 2 is 2.00 bits per heavy atom. The molecule has 0 aliphatic rings. The molecular formula is C9H12Cl3N3S. The molecule has 0 fully saturated rings. The summed E-state index contributed by atoms with van der Waals surface area (Å²) in [6.07, 6.45) is 3.56. The standard InChI is InChI=1S/C9H9N3S.3ClH/c10-4-8-6-13-9(12-8)7-2-1-3-11-5-7;;;/h1-3,5-6H,4,10H2;3*1H. The summed E-state index contributed by atoms with van der Waals surface area (Å²) in [6.45, 7) is 0.497. The predicted molar refractivity (Wildman–Crippen MR) is 75.0 cm³/mol. The lowest BCUT2D eigenvalue weighted by molar-refractivity contribution is 1.01. The van der Waals surface area contributed by atoms with Gasteiger partial charge in [0.1, 0.15) is 5.01 Å². The van der Waals surface area contributed by atoms with Gasteiger partial charge in [-0.15, -0.1) is 48.6 Å². The molecule has 2 aromatic rings. The van der Waals surface area contributed by atoms with Gasteiger partial charge in [0.25, 0.3) is 0 Å². The summed E-state index contributed by atoms with van der Waals surface area (Å²) < 4.78 is 0. The van der Waals surface area contributed by atoms with Crippen molar-refractivity contribution in [2.45, 2.75) is 6.54 Å². The summed E-state index contributed by atoms with van der Waals surface area (Å²) in [5, 5.41) is 2.95. The van der Waals surface area contributed by atoms with E-state index in [1.807, 2.05) is 17.5 Å². The molecule has 0 spiro atoms. The second-order valence-corrected chi connectivity index (χ2v) is 3.45. The fourth-order valence-electron chi connectivity index (χ4n) is 1.02. The van der Waals surface area contributed by atoms with Crippen LogP contribution in [-0.2, 0) is 6.54 Å². The van der Waals surface area contributed by atoms with Crippen molar-refractivity contribution in [3.63, 3.8) is 0 Å². The second-order valence-electron chi connectivity index (χ2n) is 2.59. The minimum Gasteiger partial charge on any atom is -0.325 e. The maximum atomic E-state index is 5.47. The summed E-state index contributed by atoms with van der Waals surface area (Å²) in [7, 11) is 0. The van der Waals surface area contributed by atoms with Gasteiger partial charge in [-0.25, -0.2) is 4.98 Å². The molecule has 7 heteroatoms. The lowest BCUT2D eigenvalue weighted by Crippen LogP contribution is -1.95. The van der Waals surface area contributed by atoms with Crippen LogP contribution in [0.15, 0.2) is 29.9 Å². The van der Waals surface area contributed by atoms with Gasteiger partial charge < -0.3 is 5.73 Å². The monoisotopic (exact) mass is 299 g/mol. The third-order valence-electron chi connectivity index (χ3n) is 1.67. The zero-order chi connectivity index (χ0) is 9.10. The number of rotatable bonds is 2. The van der Waals surface area contributed by atoms with Crippen LogP contribution in [0.4, 0.5) is 0 Å². The Kier molecular flexibility index (Phi) is 9.81. The minimum atomic E-state index is 0. The Hall–Kier alpha value is -0.390. The first-order valence-corrected chi connectivity index (χ1v) is 4.83. The first-order valence-electron chi connectivity index (χ1n) is 3.95. The van der Waals surface area contributed by atoms with Gasteiger partial charge in [0.2, 0.25) is 0 Å². The van der Waals surface area contributed by atoms with Crippen molar-refractivity contribution >= 4 is 48.6 Å². The molecule has 2 N–H and O–H groups in total. The molecule has 0 aliphatic heterocycles. The largest absolute Gasteiger partial charge is 0.325 e. The van der Waals surface area contributed by atoms with Crippen LogP contribution >= 0.6 is 48.6 Å². The van der Waals surface area contributed by atoms with Crippen LogP contribution in [0.1, 0.15) is 5.69 Å². The molecule has 0 bridgehead atoms. The first-order chi connectivity index (χ1) is 6.40. The van der Waals surface area contributed by atoms with E-state index in [2.05, 4.69) is 9.97 Å². The van der Waals surface area contributed by atoms with Crippen molar-refractivity contribution in [1.29, 1.82) is 0 Å². The highest BCUT2D eigenvalue weighted by molar-refractivity contribution is 7.13. The fourth-order valence-corrected chi connectivity index (χ4v) is 1.85. The van der Waals surface area contributed by atoms with E-state index in [0.717, 1.165) is 16.3 Å². The van der Waals surface area contributed by atoms with Crippen LogP contribution < -0.4 is 5.73 Å². The highest BCUT2D eigenvalue weighted by Gasteiger charge is 2.02. The second kappa shape index (κ2) is 8.73. The van der Waals surface area contributed by atoms with Gasteiger partial charge in [-0.1, -0.05) is 0 Å². The van der Waals surface area contributed by atoms with Gasteiger partial charge in [0, 0.05) is 29.9 Å². The lowest BCUT2D eigenvalue weighted by Gasteiger charge is -1.92. The number of pyridine rings is 1. The average molecular weight is 301 g/mol. The number of aromatic nitrogens is 2. The Bertz CT molecular complexity index is 394. The summed E-state index contributed by atoms with van der Waals surface area (Å²) >= 11 is 1.60. The van der Waals surface area contributed by atoms with E-state index < -0.39 is 0 Å². The summed E-state index contributed by atoms with van der Waals surface area (Å²) in [4.78, 5) is 8.38. The number of halogens is 3. The molecular weight excluding hydrogens is 289 g/mol. The van der Waals surface area contributed by atoms with E-state index >= 15 is 0 Å². The number of nitrogens with zero attached hydrogens (tertiary/aromatic N) is 2. The minimum absolute atomic E-state index is 0. The van der Waals surface area contributed by atoms with Crippen molar-refractivity contribution in [2.24, 2.45) is 5.73 Å². The van der Waals surface area contributed by atoms with Crippen molar-refractivity contribution in [3.8, 4) is 10.6 Å². The maximum Gasteiger partial charge on any atom is 0.125 e. The number of hydrogen-bond acceptors (Lipinski definition) is 4. The Morgan fingerprint density at radius 1 is 1.25 bits per heavy atom. The molecule has 2 rings (SSSR count). The molecule has 3 nitrogen and oxygen atoms in total. The third kappa shape index (κ3) is 4.23. The first kappa shape index (κ1) is 18.0. The lowest BCUT2D eigenvalue weighted by atomic mass is 10.3. The van der Waals surface area contributed by atoms with Gasteiger partial charge >= 0.3 is 0 Å². The summed E-state index contributed by atoms with van der Waals surface area (Å²) in [5.41, 5.74) is 7.45. The van der Waals surface area contributed by atoms with Crippen LogP contribution in [0.3, 0.4) is 0 Å². The van der Waals surface area contributed by atoms with Crippen molar-refractivity contribution in [1.82, 2.24) is 9.97 Å². The van der Waals surface area contributed by atoms with E-state index in [4.69, 9.17) is 5.73 Å². The van der Waals surface area contributed by atoms with Crippen LogP contribution in [0, 0.1) is 0 Å². The van der Waals surface area contributed by atoms with Gasteiger partial charge in [0.15, 0.2) is 0 Å². The zero-order valence-electron chi connectivity index (χ0n) is 8.20. The Morgan fingerprint density at radius 3 is 2.50 bits per heavy atom. The van der Waals surface area contributed by atoms with E-state index in [9.17, 15) is 0 Å². The van der Waals surface area contributed by atoms with E-state index in [1.165, 1.54) is 0 Å². The van der Waals surface area contributed by atoms with Gasteiger partial charge in [-0.3, -0.25) is 4.98 Å². The highest BCUT2D eigenvalue weighted by Crippen LogP contribution is 2.21. The molecule has 16 heavy (non-hydrogen) atoms. The molecule has 2 aromatic heterocycles. The Labute approximate surface area is 117 Å². The van der Waals surface area contributed by atoms with Crippen molar-refractivity contribution in [2.75, 3.05) is 0 Å². The summed E-state index contributed by atoms with van der Waals surface area (Å²) in [6, 6.07) is 3.89. The van der Waals surface area contributed by atoms with Crippen LogP contribution in [0.25, 0.3) is 10.6 Å². The zero-order valence-corrected chi connectivity index (χ0v) is 11.5. The quantitative estimate of drug-likeness (QED) is 0.928. The van der Waals surface area contributed by atoms with Crippen LogP contribution in [0.2, 0.25) is 0 Å². The fraction of sp³-hybridized carbons (Fsp3) is 0.111. The molecule has 0 saturated heterocycles. The van der Waals surface area contributed by atoms with Crippen LogP contribution in [-0.4, -0.2) is 9.97 Å². The topological polar surface area (TPSA) is 51.8 Å². The predicted octanol–water partition coefficient (Wildman–Crippen LogP) is 2.93. The Balaban J connectivity index is 0. The molecule has 0 atom stereocenters. The number of thiazole rings is 1. The molecule has 0 amide bonds. The van der Waals surface area contributed by atoms with Gasteiger partial charge in [0.05, 0.1) is 5.69 Å². The van der Waals surface area contributed by atoms with Crippen molar-refractivity contribution < 1.29 is 0 Å². The molecule has 0 aliphatic carbocycles. The van der Waals surface area contributed by atoms with Crippen molar-refractivity contribution in [3.05, 3.63) is 35.6 Å². The summed E-state index contributed by atoms with van der Waals surface area (Å²) in [5.74, 6) is 0. The van der Waals surface area contributed by atoms with E-state index in [1.54, 1.807) is 23.7 Å². The third-order valence-corrected chi connectivity index (χ3v) is 2.61. The maximum absolute atomic E-state index is 5.47.